The molecule has 0 saturated carbocycles. The summed E-state index contributed by atoms with van der Waals surface area (Å²) in [5, 5.41) is 17.9. The Hall–Kier alpha value is -2.37. The van der Waals surface area contributed by atoms with Crippen LogP contribution in [0.25, 0.3) is 0 Å². The number of hydrogen-bond donors (Lipinski definition) is 1. The summed E-state index contributed by atoms with van der Waals surface area (Å²) in [6.07, 6.45) is 0. The van der Waals surface area contributed by atoms with Crippen LogP contribution in [0.15, 0.2) is 22.7 Å². The lowest BCUT2D eigenvalue weighted by Crippen LogP contribution is -2.04. The number of nitro benzene ring substituents is 1. The fourth-order valence-electron chi connectivity index (χ4n) is 1.88. The molecule has 100 valence electrons. The van der Waals surface area contributed by atoms with Crippen molar-refractivity contribution < 1.29 is 9.45 Å². The molecule has 0 aliphatic carbocycles. The Morgan fingerprint density at radius 2 is 2.11 bits per heavy atom. The molecule has 1 N–H and O–H groups in total. The second kappa shape index (κ2) is 5.09. The first kappa shape index (κ1) is 13.1. The third-order valence-corrected chi connectivity index (χ3v) is 2.99. The average Bonchev–Trinajstić information content (AvgIpc) is 2.68. The topological polar surface area (TPSA) is 81.2 Å². The van der Waals surface area contributed by atoms with Gasteiger partial charge in [-0.1, -0.05) is 11.2 Å². The van der Waals surface area contributed by atoms with Crippen LogP contribution in [-0.4, -0.2) is 10.1 Å². The molecule has 1 heterocycles. The van der Waals surface area contributed by atoms with Crippen LogP contribution in [0.1, 0.15) is 22.6 Å². The molecule has 1 aromatic carbocycles. The van der Waals surface area contributed by atoms with Gasteiger partial charge >= 0.3 is 0 Å². The van der Waals surface area contributed by atoms with Gasteiger partial charge in [0, 0.05) is 18.2 Å². The molecule has 6 nitrogen and oxygen atoms in total. The first-order valence-corrected chi connectivity index (χ1v) is 5.89. The summed E-state index contributed by atoms with van der Waals surface area (Å²) in [5.41, 5.74) is 3.14. The molecule has 0 amide bonds. The second-order valence-electron chi connectivity index (χ2n) is 4.43. The van der Waals surface area contributed by atoms with Gasteiger partial charge in [-0.05, 0) is 32.4 Å². The lowest BCUT2D eigenvalue weighted by molar-refractivity contribution is -0.384. The fourth-order valence-corrected chi connectivity index (χ4v) is 1.88. The largest absolute Gasteiger partial charge is 0.375 e. The lowest BCUT2D eigenvalue weighted by atomic mass is 10.1. The maximum Gasteiger partial charge on any atom is 0.292 e. The minimum atomic E-state index is -0.386. The van der Waals surface area contributed by atoms with Gasteiger partial charge < -0.3 is 9.84 Å². The zero-order chi connectivity index (χ0) is 14.0. The zero-order valence-corrected chi connectivity index (χ0v) is 11.1. The first-order chi connectivity index (χ1) is 8.99. The fraction of sp³-hybridized carbons (Fsp3) is 0.308. The Morgan fingerprint density at radius 1 is 1.37 bits per heavy atom. The van der Waals surface area contributed by atoms with Crippen LogP contribution in [0.3, 0.4) is 0 Å². The number of nitro groups is 1. The van der Waals surface area contributed by atoms with Crippen LogP contribution in [0.5, 0.6) is 0 Å². The van der Waals surface area contributed by atoms with Crippen LogP contribution in [0.2, 0.25) is 0 Å². The summed E-state index contributed by atoms with van der Waals surface area (Å²) in [6.45, 7) is 5.94. The smallest absolute Gasteiger partial charge is 0.292 e. The molecule has 0 radical (unpaired) electrons. The van der Waals surface area contributed by atoms with Gasteiger partial charge in [0.1, 0.15) is 11.4 Å². The van der Waals surface area contributed by atoms with Gasteiger partial charge in [-0.25, -0.2) is 0 Å². The Labute approximate surface area is 110 Å². The molecule has 2 rings (SSSR count). The van der Waals surface area contributed by atoms with Crippen LogP contribution >= 0.6 is 0 Å². The number of rotatable bonds is 4. The highest BCUT2D eigenvalue weighted by Crippen LogP contribution is 2.26. The zero-order valence-electron chi connectivity index (χ0n) is 11.1. The number of hydrogen-bond acceptors (Lipinski definition) is 5. The van der Waals surface area contributed by atoms with Crippen LogP contribution < -0.4 is 5.32 Å². The van der Waals surface area contributed by atoms with E-state index >= 15 is 0 Å². The molecule has 0 saturated heterocycles. The van der Waals surface area contributed by atoms with Crippen molar-refractivity contribution in [3.8, 4) is 0 Å². The number of nitrogens with one attached hydrogen (secondary N) is 1. The molecule has 1 aromatic heterocycles. The lowest BCUT2D eigenvalue weighted by Gasteiger charge is -2.07. The molecule has 0 atom stereocenters. The molecular weight excluding hydrogens is 246 g/mol. The molecule has 0 fully saturated rings. The number of benzene rings is 1. The summed E-state index contributed by atoms with van der Waals surface area (Å²) >= 11 is 0. The van der Waals surface area contributed by atoms with Gasteiger partial charge in [-0.15, -0.1) is 0 Å². The van der Waals surface area contributed by atoms with Gasteiger partial charge in [-0.3, -0.25) is 10.1 Å². The molecule has 0 spiro atoms. The third-order valence-electron chi connectivity index (χ3n) is 2.99. The van der Waals surface area contributed by atoms with Crippen molar-refractivity contribution in [3.63, 3.8) is 0 Å². The van der Waals surface area contributed by atoms with Gasteiger partial charge in [0.05, 0.1) is 10.6 Å². The van der Waals surface area contributed by atoms with E-state index in [0.29, 0.717) is 12.2 Å². The van der Waals surface area contributed by atoms with Crippen molar-refractivity contribution in [1.29, 1.82) is 0 Å². The normalized spacial score (nSPS) is 10.5. The van der Waals surface area contributed by atoms with E-state index in [0.717, 1.165) is 22.6 Å². The maximum atomic E-state index is 11.0. The predicted octanol–water partition coefficient (Wildman–Crippen LogP) is 3.12. The molecule has 0 unspecified atom stereocenters. The third kappa shape index (κ3) is 2.73. The highest BCUT2D eigenvalue weighted by molar-refractivity contribution is 5.62. The molecule has 0 aliphatic heterocycles. The number of aromatic nitrogens is 1. The Kier molecular flexibility index (Phi) is 3.50. The summed E-state index contributed by atoms with van der Waals surface area (Å²) < 4.78 is 5.06. The number of aryl methyl sites for hydroxylation is 3. The van der Waals surface area contributed by atoms with Gasteiger partial charge in [0.2, 0.25) is 0 Å². The highest BCUT2D eigenvalue weighted by atomic mass is 16.6. The molecule has 2 aromatic rings. The minimum Gasteiger partial charge on any atom is -0.375 e. The Bertz CT molecular complexity index is 600. The molecule has 0 bridgehead atoms. The average molecular weight is 261 g/mol. The van der Waals surface area contributed by atoms with E-state index < -0.39 is 0 Å². The minimum absolute atomic E-state index is 0.0757. The van der Waals surface area contributed by atoms with Gasteiger partial charge in [0.25, 0.3) is 5.69 Å². The van der Waals surface area contributed by atoms with Crippen LogP contribution in [0.4, 0.5) is 11.4 Å². The summed E-state index contributed by atoms with van der Waals surface area (Å²) in [5.74, 6) is 0.722. The first-order valence-electron chi connectivity index (χ1n) is 5.89. The summed E-state index contributed by atoms with van der Waals surface area (Å²) in [4.78, 5) is 10.6. The quantitative estimate of drug-likeness (QED) is 0.675. The van der Waals surface area contributed by atoms with Crippen molar-refractivity contribution in [2.45, 2.75) is 27.3 Å². The molecular formula is C13H15N3O3. The van der Waals surface area contributed by atoms with Gasteiger partial charge in [0.15, 0.2) is 0 Å². The van der Waals surface area contributed by atoms with Crippen molar-refractivity contribution >= 4 is 11.4 Å². The molecule has 6 heteroatoms. The SMILES string of the molecule is Cc1ccc(NCc2c(C)noc2C)c([N+](=O)[O-])c1. The van der Waals surface area contributed by atoms with Crippen LogP contribution in [0, 0.1) is 30.9 Å². The van der Waals surface area contributed by atoms with Crippen LogP contribution in [-0.2, 0) is 6.54 Å². The van der Waals surface area contributed by atoms with Crippen molar-refractivity contribution in [1.82, 2.24) is 5.16 Å². The Morgan fingerprint density at radius 3 is 2.68 bits per heavy atom. The Balaban J connectivity index is 2.23. The van der Waals surface area contributed by atoms with Crippen molar-refractivity contribution in [2.75, 3.05) is 5.32 Å². The highest BCUT2D eigenvalue weighted by Gasteiger charge is 2.15. The number of anilines is 1. The van der Waals surface area contributed by atoms with E-state index in [1.165, 1.54) is 0 Å². The monoisotopic (exact) mass is 261 g/mol. The second-order valence-corrected chi connectivity index (χ2v) is 4.43. The predicted molar refractivity (Wildman–Crippen MR) is 71.1 cm³/mol. The van der Waals surface area contributed by atoms with E-state index in [9.17, 15) is 10.1 Å². The standard InChI is InChI=1S/C13H15N3O3/c1-8-4-5-12(13(6-8)16(17)18)14-7-11-9(2)15-19-10(11)3/h4-6,14H,7H2,1-3H3. The van der Waals surface area contributed by atoms with E-state index in [-0.39, 0.29) is 10.6 Å². The molecule has 0 aliphatic rings. The van der Waals surface area contributed by atoms with Crippen molar-refractivity contribution in [3.05, 3.63) is 50.9 Å². The van der Waals surface area contributed by atoms with Gasteiger partial charge in [-0.2, -0.15) is 0 Å². The van der Waals surface area contributed by atoms with E-state index in [1.807, 2.05) is 26.8 Å². The maximum absolute atomic E-state index is 11.0. The summed E-state index contributed by atoms with van der Waals surface area (Å²) in [7, 11) is 0. The van der Waals surface area contributed by atoms with E-state index in [1.54, 1.807) is 12.1 Å². The van der Waals surface area contributed by atoms with E-state index in [2.05, 4.69) is 10.5 Å². The van der Waals surface area contributed by atoms with E-state index in [4.69, 9.17) is 4.52 Å². The number of nitrogens with zero attached hydrogens (tertiary/aromatic N) is 2. The van der Waals surface area contributed by atoms with Crippen molar-refractivity contribution in [2.24, 2.45) is 0 Å². The molecule has 19 heavy (non-hydrogen) atoms. The summed E-state index contributed by atoms with van der Waals surface area (Å²) in [6, 6.07) is 5.10.